The summed E-state index contributed by atoms with van der Waals surface area (Å²) < 4.78 is 4.64. The molecule has 0 bridgehead atoms. The number of hydrogen-bond acceptors (Lipinski definition) is 4. The molecule has 0 fully saturated rings. The smallest absolute Gasteiger partial charge is 0.334 e. The Bertz CT molecular complexity index is 453. The van der Waals surface area contributed by atoms with Gasteiger partial charge < -0.3 is 9.84 Å². The van der Waals surface area contributed by atoms with Crippen LogP contribution in [0.2, 0.25) is 0 Å². The predicted octanol–water partition coefficient (Wildman–Crippen LogP) is 0.680. The van der Waals surface area contributed by atoms with Gasteiger partial charge in [0.2, 0.25) is 0 Å². The third kappa shape index (κ3) is 2.90. The van der Waals surface area contributed by atoms with E-state index in [0.29, 0.717) is 19.5 Å². The van der Waals surface area contributed by atoms with Crippen molar-refractivity contribution in [3.8, 4) is 0 Å². The van der Waals surface area contributed by atoms with Crippen LogP contribution in [0.1, 0.15) is 12.0 Å². The van der Waals surface area contributed by atoms with Crippen LogP contribution in [0.5, 0.6) is 0 Å². The van der Waals surface area contributed by atoms with Gasteiger partial charge in [-0.15, -0.1) is 5.76 Å². The van der Waals surface area contributed by atoms with Crippen LogP contribution in [0.15, 0.2) is 41.7 Å². The molecule has 0 saturated heterocycles. The number of benzene rings is 1. The summed E-state index contributed by atoms with van der Waals surface area (Å²) in [6.45, 7) is 1.81. The molecule has 4 heteroatoms. The number of hydrogen-bond donors (Lipinski definition) is 0. The average molecular weight is 246 g/mol. The van der Waals surface area contributed by atoms with Crippen molar-refractivity contribution in [2.75, 3.05) is 20.2 Å². The summed E-state index contributed by atoms with van der Waals surface area (Å²) >= 11 is 0. The van der Waals surface area contributed by atoms with Crippen LogP contribution in [0.3, 0.4) is 0 Å². The molecule has 1 aliphatic heterocycles. The van der Waals surface area contributed by atoms with Crippen LogP contribution in [-0.2, 0) is 16.1 Å². The molecule has 1 heterocycles. The first kappa shape index (κ1) is 12.6. The zero-order chi connectivity index (χ0) is 13.0. The van der Waals surface area contributed by atoms with Crippen LogP contribution >= 0.6 is 0 Å². The van der Waals surface area contributed by atoms with E-state index in [2.05, 4.69) is 9.64 Å². The lowest BCUT2D eigenvalue weighted by molar-refractivity contribution is -0.310. The Morgan fingerprint density at radius 3 is 2.78 bits per heavy atom. The van der Waals surface area contributed by atoms with E-state index in [9.17, 15) is 9.90 Å². The largest absolute Gasteiger partial charge is 0.875 e. The van der Waals surface area contributed by atoms with Gasteiger partial charge in [-0.05, 0) is 12.0 Å². The Hall–Kier alpha value is -1.81. The number of ether oxygens (including phenoxy) is 1. The van der Waals surface area contributed by atoms with Gasteiger partial charge in [0.05, 0.1) is 7.11 Å². The number of carbonyl (C=O) groups excluding carboxylic acids is 1. The molecule has 4 nitrogen and oxygen atoms in total. The second-order valence-electron chi connectivity index (χ2n) is 4.34. The maximum absolute atomic E-state index is 11.6. The number of esters is 1. The van der Waals surface area contributed by atoms with Crippen molar-refractivity contribution in [1.29, 1.82) is 0 Å². The van der Waals surface area contributed by atoms with Crippen molar-refractivity contribution in [3.63, 3.8) is 0 Å². The monoisotopic (exact) mass is 246 g/mol. The van der Waals surface area contributed by atoms with Crippen molar-refractivity contribution in [2.45, 2.75) is 13.0 Å². The first-order valence-corrected chi connectivity index (χ1v) is 5.94. The van der Waals surface area contributed by atoms with Crippen LogP contribution in [0, 0.1) is 0 Å². The normalized spacial score (nSPS) is 16.7. The van der Waals surface area contributed by atoms with Gasteiger partial charge in [-0.2, -0.15) is 0 Å². The standard InChI is InChI=1S/C14H17NO3/c1-18-14(17)12-10-15(8-7-13(12)16)9-11-5-3-2-4-6-11/h2-6,16H,7-10H2,1H3/p-1. The third-order valence-electron chi connectivity index (χ3n) is 3.05. The van der Waals surface area contributed by atoms with E-state index in [1.54, 1.807) is 0 Å². The van der Waals surface area contributed by atoms with Crippen molar-refractivity contribution in [3.05, 3.63) is 47.2 Å². The number of carbonyl (C=O) groups is 1. The number of nitrogens with zero attached hydrogens (tertiary/aromatic N) is 1. The molecule has 1 aromatic rings. The van der Waals surface area contributed by atoms with Gasteiger partial charge in [0, 0.05) is 25.2 Å². The molecule has 0 amide bonds. The lowest BCUT2D eigenvalue weighted by atomic mass is 10.1. The summed E-state index contributed by atoms with van der Waals surface area (Å²) in [5, 5.41) is 11.6. The van der Waals surface area contributed by atoms with Crippen molar-refractivity contribution in [1.82, 2.24) is 4.90 Å². The third-order valence-corrected chi connectivity index (χ3v) is 3.05. The van der Waals surface area contributed by atoms with Gasteiger partial charge in [0.15, 0.2) is 0 Å². The van der Waals surface area contributed by atoms with E-state index >= 15 is 0 Å². The molecule has 0 atom stereocenters. The summed E-state index contributed by atoms with van der Waals surface area (Å²) in [5.74, 6) is -0.594. The highest BCUT2D eigenvalue weighted by Crippen LogP contribution is 2.17. The lowest BCUT2D eigenvalue weighted by Gasteiger charge is -2.32. The lowest BCUT2D eigenvalue weighted by Crippen LogP contribution is -2.36. The van der Waals surface area contributed by atoms with Crippen LogP contribution in [0.4, 0.5) is 0 Å². The van der Waals surface area contributed by atoms with E-state index < -0.39 is 5.97 Å². The maximum Gasteiger partial charge on any atom is 0.334 e. The minimum atomic E-state index is -0.502. The molecule has 18 heavy (non-hydrogen) atoms. The van der Waals surface area contributed by atoms with E-state index in [-0.39, 0.29) is 11.3 Å². The summed E-state index contributed by atoms with van der Waals surface area (Å²) in [6, 6.07) is 10.0. The van der Waals surface area contributed by atoms with Crippen molar-refractivity contribution in [2.24, 2.45) is 0 Å². The molecule has 0 N–H and O–H groups in total. The topological polar surface area (TPSA) is 52.6 Å². The second kappa shape index (κ2) is 5.69. The highest BCUT2D eigenvalue weighted by atomic mass is 16.5. The molecular formula is C14H16NO3-. The molecule has 1 aliphatic rings. The van der Waals surface area contributed by atoms with Gasteiger partial charge in [-0.1, -0.05) is 30.3 Å². The molecule has 0 radical (unpaired) electrons. The Labute approximate surface area is 106 Å². The van der Waals surface area contributed by atoms with E-state index in [1.165, 1.54) is 12.7 Å². The van der Waals surface area contributed by atoms with Gasteiger partial charge in [0.25, 0.3) is 0 Å². The predicted molar refractivity (Wildman–Crippen MR) is 65.4 cm³/mol. The van der Waals surface area contributed by atoms with Gasteiger partial charge >= 0.3 is 5.97 Å². The van der Waals surface area contributed by atoms with E-state index in [0.717, 1.165) is 6.54 Å². The van der Waals surface area contributed by atoms with Gasteiger partial charge in [-0.25, -0.2) is 4.79 Å². The quantitative estimate of drug-likeness (QED) is 0.736. The fourth-order valence-corrected chi connectivity index (χ4v) is 2.08. The molecule has 0 saturated carbocycles. The van der Waals surface area contributed by atoms with E-state index in [1.807, 2.05) is 30.3 Å². The minimum Gasteiger partial charge on any atom is -0.875 e. The Morgan fingerprint density at radius 1 is 1.39 bits per heavy atom. The average Bonchev–Trinajstić information content (AvgIpc) is 2.41. The maximum atomic E-state index is 11.6. The molecular weight excluding hydrogens is 230 g/mol. The zero-order valence-electron chi connectivity index (χ0n) is 10.4. The summed E-state index contributed by atoms with van der Waals surface area (Å²) in [4.78, 5) is 13.6. The Kier molecular flexibility index (Phi) is 3.99. The van der Waals surface area contributed by atoms with E-state index in [4.69, 9.17) is 0 Å². The molecule has 0 aliphatic carbocycles. The minimum absolute atomic E-state index is 0.0915. The summed E-state index contributed by atoms with van der Waals surface area (Å²) in [6.07, 6.45) is 0.386. The molecule has 1 aromatic carbocycles. The van der Waals surface area contributed by atoms with Gasteiger partial charge in [-0.3, -0.25) is 4.90 Å². The summed E-state index contributed by atoms with van der Waals surface area (Å²) in [7, 11) is 1.30. The van der Waals surface area contributed by atoms with Crippen LogP contribution < -0.4 is 5.11 Å². The Balaban J connectivity index is 2.04. The molecule has 0 aromatic heterocycles. The van der Waals surface area contributed by atoms with Crippen LogP contribution in [0.25, 0.3) is 0 Å². The zero-order valence-corrected chi connectivity index (χ0v) is 10.4. The number of methoxy groups -OCH3 is 1. The number of rotatable bonds is 3. The SMILES string of the molecule is COC(=O)C1=C([O-])CCN(Cc2ccccc2)C1. The van der Waals surface area contributed by atoms with Crippen molar-refractivity contribution >= 4 is 5.97 Å². The first-order valence-electron chi connectivity index (χ1n) is 5.94. The molecule has 96 valence electrons. The molecule has 0 spiro atoms. The highest BCUT2D eigenvalue weighted by Gasteiger charge is 2.20. The van der Waals surface area contributed by atoms with Gasteiger partial charge in [0.1, 0.15) is 0 Å². The highest BCUT2D eigenvalue weighted by molar-refractivity contribution is 5.89. The summed E-state index contributed by atoms with van der Waals surface area (Å²) in [5.41, 5.74) is 1.44. The fraction of sp³-hybridized carbons (Fsp3) is 0.357. The second-order valence-corrected chi connectivity index (χ2v) is 4.34. The van der Waals surface area contributed by atoms with Crippen molar-refractivity contribution < 1.29 is 14.6 Å². The molecule has 2 rings (SSSR count). The molecule has 0 unspecified atom stereocenters. The first-order chi connectivity index (χ1) is 8.70. The Morgan fingerprint density at radius 2 is 2.11 bits per heavy atom. The fourth-order valence-electron chi connectivity index (χ4n) is 2.08. The van der Waals surface area contributed by atoms with Crippen LogP contribution in [-0.4, -0.2) is 31.1 Å².